The van der Waals surface area contributed by atoms with Crippen LogP contribution in [0.15, 0.2) is 6.20 Å². The summed E-state index contributed by atoms with van der Waals surface area (Å²) in [5, 5.41) is 4.13. The molecule has 6 nitrogen and oxygen atoms in total. The number of halogens is 1. The molecule has 2 aromatic rings. The van der Waals surface area contributed by atoms with Crippen LogP contribution in [0.25, 0.3) is 11.2 Å². The third kappa shape index (κ3) is 1.75. The summed E-state index contributed by atoms with van der Waals surface area (Å²) in [5.41, 5.74) is 7.25. The molecule has 2 rings (SSSR count). The normalized spacial score (nSPS) is 10.0. The molecule has 0 spiro atoms. The molecule has 15 heavy (non-hydrogen) atoms. The van der Waals surface area contributed by atoms with Gasteiger partial charge in [0, 0.05) is 7.05 Å². The zero-order valence-electron chi connectivity index (χ0n) is 8.26. The molecule has 0 bridgehead atoms. The minimum Gasteiger partial charge on any atom is -0.364 e. The average Bonchev–Trinajstić information content (AvgIpc) is 2.42. The molecule has 0 saturated heterocycles. The molecule has 1 amide bonds. The summed E-state index contributed by atoms with van der Waals surface area (Å²) in [6.45, 7) is 1.81. The van der Waals surface area contributed by atoms with E-state index in [1.165, 1.54) is 6.20 Å². The van der Waals surface area contributed by atoms with Gasteiger partial charge in [-0.05, 0) is 6.92 Å². The zero-order valence-corrected chi connectivity index (χ0v) is 9.08. The number of amides is 1. The van der Waals surface area contributed by atoms with Crippen molar-refractivity contribution in [1.82, 2.24) is 19.7 Å². The van der Waals surface area contributed by atoms with Crippen molar-refractivity contribution in [1.29, 1.82) is 0 Å². The van der Waals surface area contributed by atoms with Crippen molar-refractivity contribution in [3.63, 3.8) is 0 Å². The summed E-state index contributed by atoms with van der Waals surface area (Å²) in [6.07, 6.45) is 1.35. The maximum Gasteiger partial charge on any atom is 0.268 e. The van der Waals surface area contributed by atoms with E-state index in [0.717, 1.165) is 5.69 Å². The smallest absolute Gasteiger partial charge is 0.268 e. The maximum absolute atomic E-state index is 10.9. The number of nitrogens with two attached hydrogens (primary N) is 1. The number of hydrogen-bond acceptors (Lipinski definition) is 4. The minimum absolute atomic E-state index is 0. The molecule has 2 N–H and O–H groups in total. The number of nitrogens with zero attached hydrogens (tertiary/aromatic N) is 4. The molecule has 0 unspecified atom stereocenters. The first-order valence-electron chi connectivity index (χ1n) is 4.05. The van der Waals surface area contributed by atoms with Crippen LogP contribution in [0, 0.1) is 6.92 Å². The number of aryl methyl sites for hydroxylation is 2. The summed E-state index contributed by atoms with van der Waals surface area (Å²) in [6, 6.07) is 0. The SMILES string of the molecule is Cc1nn(C)c2ncc(C(N)=O)nc12.Cl. The van der Waals surface area contributed by atoms with Crippen molar-refractivity contribution in [2.75, 3.05) is 0 Å². The van der Waals surface area contributed by atoms with E-state index in [9.17, 15) is 4.79 Å². The zero-order chi connectivity index (χ0) is 10.3. The Bertz CT molecular complexity index is 521. The van der Waals surface area contributed by atoms with Crippen LogP contribution in [0.4, 0.5) is 0 Å². The molecule has 0 atom stereocenters. The van der Waals surface area contributed by atoms with Gasteiger partial charge < -0.3 is 5.73 Å². The Hall–Kier alpha value is -1.69. The van der Waals surface area contributed by atoms with Crippen molar-refractivity contribution in [2.45, 2.75) is 6.92 Å². The third-order valence-electron chi connectivity index (χ3n) is 1.95. The highest BCUT2D eigenvalue weighted by atomic mass is 35.5. The van der Waals surface area contributed by atoms with Gasteiger partial charge in [0.2, 0.25) is 0 Å². The fourth-order valence-corrected chi connectivity index (χ4v) is 1.30. The molecule has 0 fully saturated rings. The monoisotopic (exact) mass is 227 g/mol. The van der Waals surface area contributed by atoms with Gasteiger partial charge >= 0.3 is 0 Å². The maximum atomic E-state index is 10.9. The number of hydrogen-bond donors (Lipinski definition) is 1. The fourth-order valence-electron chi connectivity index (χ4n) is 1.30. The van der Waals surface area contributed by atoms with Gasteiger partial charge in [-0.3, -0.25) is 4.79 Å². The molecule has 0 saturated carbocycles. The van der Waals surface area contributed by atoms with E-state index in [1.807, 2.05) is 6.92 Å². The van der Waals surface area contributed by atoms with Gasteiger partial charge in [-0.1, -0.05) is 0 Å². The van der Waals surface area contributed by atoms with E-state index in [2.05, 4.69) is 15.1 Å². The second-order valence-electron chi connectivity index (χ2n) is 3.00. The number of carbonyl (C=O) groups excluding carboxylic acids is 1. The van der Waals surface area contributed by atoms with Crippen LogP contribution in [0.2, 0.25) is 0 Å². The first-order valence-corrected chi connectivity index (χ1v) is 4.05. The van der Waals surface area contributed by atoms with Gasteiger partial charge in [0.15, 0.2) is 5.65 Å². The van der Waals surface area contributed by atoms with Crippen molar-refractivity contribution in [3.05, 3.63) is 17.6 Å². The van der Waals surface area contributed by atoms with E-state index in [0.29, 0.717) is 11.2 Å². The van der Waals surface area contributed by atoms with Gasteiger partial charge in [0.1, 0.15) is 11.2 Å². The Balaban J connectivity index is 0.00000112. The van der Waals surface area contributed by atoms with E-state index in [1.54, 1.807) is 11.7 Å². The van der Waals surface area contributed by atoms with Crippen LogP contribution in [-0.4, -0.2) is 25.7 Å². The van der Waals surface area contributed by atoms with E-state index in [4.69, 9.17) is 5.73 Å². The average molecular weight is 228 g/mol. The Kier molecular flexibility index (Phi) is 2.90. The lowest BCUT2D eigenvalue weighted by Crippen LogP contribution is -2.13. The van der Waals surface area contributed by atoms with Crippen molar-refractivity contribution in [3.8, 4) is 0 Å². The molecule has 0 aliphatic carbocycles. The minimum atomic E-state index is -0.581. The summed E-state index contributed by atoms with van der Waals surface area (Å²) in [5.74, 6) is -0.581. The molecular formula is C8H10ClN5O. The molecular weight excluding hydrogens is 218 g/mol. The Labute approximate surface area is 91.9 Å². The van der Waals surface area contributed by atoms with Crippen LogP contribution >= 0.6 is 12.4 Å². The standard InChI is InChI=1S/C8H9N5O.ClH/c1-4-6-8(13(2)12-4)10-3-5(11-6)7(9)14;/h3H,1-2H3,(H2,9,14);1H. The summed E-state index contributed by atoms with van der Waals surface area (Å²) >= 11 is 0. The lowest BCUT2D eigenvalue weighted by molar-refractivity contribution is 0.0995. The highest BCUT2D eigenvalue weighted by Crippen LogP contribution is 2.11. The second kappa shape index (κ2) is 3.82. The van der Waals surface area contributed by atoms with Crippen molar-refractivity contribution >= 4 is 29.5 Å². The number of aromatic nitrogens is 4. The Morgan fingerprint density at radius 1 is 1.53 bits per heavy atom. The van der Waals surface area contributed by atoms with Crippen LogP contribution < -0.4 is 5.73 Å². The van der Waals surface area contributed by atoms with Crippen LogP contribution in [0.1, 0.15) is 16.2 Å². The first kappa shape index (κ1) is 11.4. The van der Waals surface area contributed by atoms with E-state index < -0.39 is 5.91 Å². The molecule has 0 aliphatic rings. The molecule has 0 aromatic carbocycles. The van der Waals surface area contributed by atoms with Crippen LogP contribution in [0.5, 0.6) is 0 Å². The van der Waals surface area contributed by atoms with E-state index >= 15 is 0 Å². The van der Waals surface area contributed by atoms with Gasteiger partial charge in [0.25, 0.3) is 5.91 Å². The molecule has 7 heteroatoms. The third-order valence-corrected chi connectivity index (χ3v) is 1.95. The fraction of sp³-hybridized carbons (Fsp3) is 0.250. The Morgan fingerprint density at radius 2 is 2.20 bits per heavy atom. The van der Waals surface area contributed by atoms with Gasteiger partial charge in [0.05, 0.1) is 11.9 Å². The van der Waals surface area contributed by atoms with Crippen LogP contribution in [0.3, 0.4) is 0 Å². The van der Waals surface area contributed by atoms with Gasteiger partial charge in [-0.25, -0.2) is 14.6 Å². The first-order chi connectivity index (χ1) is 6.59. The summed E-state index contributed by atoms with van der Waals surface area (Å²) < 4.78 is 1.61. The summed E-state index contributed by atoms with van der Waals surface area (Å²) in [7, 11) is 1.77. The van der Waals surface area contributed by atoms with Crippen molar-refractivity contribution in [2.24, 2.45) is 12.8 Å². The number of rotatable bonds is 1. The van der Waals surface area contributed by atoms with Gasteiger partial charge in [-0.2, -0.15) is 5.10 Å². The second-order valence-corrected chi connectivity index (χ2v) is 3.00. The molecule has 0 aliphatic heterocycles. The largest absolute Gasteiger partial charge is 0.364 e. The van der Waals surface area contributed by atoms with Gasteiger partial charge in [-0.15, -0.1) is 12.4 Å². The van der Waals surface area contributed by atoms with Crippen molar-refractivity contribution < 1.29 is 4.79 Å². The highest BCUT2D eigenvalue weighted by Gasteiger charge is 2.10. The van der Waals surface area contributed by atoms with Crippen LogP contribution in [-0.2, 0) is 7.05 Å². The molecule has 0 radical (unpaired) electrons. The molecule has 2 heterocycles. The molecule has 2 aromatic heterocycles. The highest BCUT2D eigenvalue weighted by molar-refractivity contribution is 5.92. The summed E-state index contributed by atoms with van der Waals surface area (Å²) in [4.78, 5) is 19.0. The number of fused-ring (bicyclic) bond motifs is 1. The predicted octanol–water partition coefficient (Wildman–Crippen LogP) is 0.192. The number of primary amides is 1. The topological polar surface area (TPSA) is 86.7 Å². The Morgan fingerprint density at radius 3 is 2.80 bits per heavy atom. The molecule has 80 valence electrons. The quantitative estimate of drug-likeness (QED) is 0.754. The van der Waals surface area contributed by atoms with E-state index in [-0.39, 0.29) is 18.1 Å². The lowest BCUT2D eigenvalue weighted by Gasteiger charge is -1.94. The number of carbonyl (C=O) groups is 1. The lowest BCUT2D eigenvalue weighted by atomic mass is 10.3. The predicted molar refractivity (Wildman–Crippen MR) is 56.8 cm³/mol.